The van der Waals surface area contributed by atoms with Crippen molar-refractivity contribution in [3.8, 4) is 5.75 Å². The van der Waals surface area contributed by atoms with E-state index in [1.54, 1.807) is 11.0 Å². The van der Waals surface area contributed by atoms with Crippen LogP contribution in [-0.4, -0.2) is 45.2 Å². The van der Waals surface area contributed by atoms with Gasteiger partial charge in [0.15, 0.2) is 12.4 Å². The molecule has 0 spiro atoms. The van der Waals surface area contributed by atoms with Crippen LogP contribution in [0.1, 0.15) is 11.3 Å². The van der Waals surface area contributed by atoms with Crippen molar-refractivity contribution in [1.82, 2.24) is 5.32 Å². The zero-order valence-electron chi connectivity index (χ0n) is 16.6. The number of nitrogens with one attached hydrogen (secondary N) is 3. The quantitative estimate of drug-likeness (QED) is 0.463. The van der Waals surface area contributed by atoms with Crippen LogP contribution in [0.3, 0.4) is 0 Å². The van der Waals surface area contributed by atoms with E-state index in [2.05, 4.69) is 36.2 Å². The van der Waals surface area contributed by atoms with Crippen molar-refractivity contribution in [2.24, 2.45) is 0 Å². The van der Waals surface area contributed by atoms with Crippen molar-refractivity contribution in [1.29, 1.82) is 0 Å². The minimum Gasteiger partial charge on any atom is -0.477 e. The molecule has 2 heterocycles. The third-order valence-electron chi connectivity index (χ3n) is 5.04. The Kier molecular flexibility index (Phi) is 7.61. The fourth-order valence-electron chi connectivity index (χ4n) is 3.46. The first-order valence-corrected chi connectivity index (χ1v) is 9.97. The van der Waals surface area contributed by atoms with Crippen LogP contribution in [0.5, 0.6) is 5.75 Å². The van der Waals surface area contributed by atoms with Gasteiger partial charge in [-0.15, -0.1) is 6.58 Å². The largest absolute Gasteiger partial charge is 0.477 e. The fraction of sp³-hybridized carbons (Fsp3) is 0.364. The molecule has 29 heavy (non-hydrogen) atoms. The third-order valence-corrected chi connectivity index (χ3v) is 5.04. The summed E-state index contributed by atoms with van der Waals surface area (Å²) in [6.45, 7) is 9.64. The average Bonchev–Trinajstić information content (AvgIpc) is 2.74. The Labute approximate surface area is 170 Å². The maximum absolute atomic E-state index is 12.2. The highest BCUT2D eigenvalue weighted by Crippen LogP contribution is 2.05. The van der Waals surface area contributed by atoms with E-state index in [0.717, 1.165) is 32.7 Å². The Balaban J connectivity index is 1.45. The number of amides is 1. The Morgan fingerprint density at radius 3 is 2.48 bits per heavy atom. The molecular weight excluding hydrogens is 370 g/mol. The van der Waals surface area contributed by atoms with Gasteiger partial charge in [0.05, 0.1) is 0 Å². The summed E-state index contributed by atoms with van der Waals surface area (Å²) in [4.78, 5) is 26.7. The summed E-state index contributed by atoms with van der Waals surface area (Å²) < 4.78 is 10.8. The Hall–Kier alpha value is -2.90. The molecular formula is C22H29N3O4+2. The molecule has 1 aromatic carbocycles. The van der Waals surface area contributed by atoms with Crippen molar-refractivity contribution < 1.29 is 23.7 Å². The van der Waals surface area contributed by atoms with E-state index >= 15 is 0 Å². The summed E-state index contributed by atoms with van der Waals surface area (Å²) in [5, 5.41) is 2.59. The summed E-state index contributed by atoms with van der Waals surface area (Å²) >= 11 is 0. The van der Waals surface area contributed by atoms with Crippen molar-refractivity contribution in [2.75, 3.05) is 39.3 Å². The van der Waals surface area contributed by atoms with E-state index in [0.29, 0.717) is 18.8 Å². The molecule has 1 saturated heterocycles. The minimum atomic E-state index is -0.311. The summed E-state index contributed by atoms with van der Waals surface area (Å²) in [7, 11) is 0. The van der Waals surface area contributed by atoms with Crippen LogP contribution in [-0.2, 0) is 17.9 Å². The van der Waals surface area contributed by atoms with Gasteiger partial charge in [0.2, 0.25) is 11.2 Å². The van der Waals surface area contributed by atoms with E-state index in [1.165, 1.54) is 22.8 Å². The number of rotatable bonds is 9. The lowest BCUT2D eigenvalue weighted by molar-refractivity contribution is -1.02. The molecule has 0 bridgehead atoms. The van der Waals surface area contributed by atoms with E-state index in [9.17, 15) is 9.59 Å². The molecule has 3 N–H and O–H groups in total. The maximum Gasteiger partial charge on any atom is 0.258 e. The van der Waals surface area contributed by atoms with Gasteiger partial charge in [0, 0.05) is 18.2 Å². The smallest absolute Gasteiger partial charge is 0.258 e. The molecule has 1 aliphatic heterocycles. The van der Waals surface area contributed by atoms with Gasteiger partial charge >= 0.3 is 0 Å². The second-order valence-corrected chi connectivity index (χ2v) is 7.30. The highest BCUT2D eigenvalue weighted by atomic mass is 16.5. The predicted molar refractivity (Wildman–Crippen MR) is 109 cm³/mol. The second-order valence-electron chi connectivity index (χ2n) is 7.30. The number of ether oxygens (including phenoxy) is 1. The van der Waals surface area contributed by atoms with Gasteiger partial charge < -0.3 is 24.3 Å². The zero-order chi connectivity index (χ0) is 20.5. The van der Waals surface area contributed by atoms with Crippen molar-refractivity contribution >= 4 is 5.91 Å². The lowest BCUT2D eigenvalue weighted by Crippen LogP contribution is -3.27. The van der Waals surface area contributed by atoms with Gasteiger partial charge in [-0.25, -0.2) is 0 Å². The molecule has 1 amide bonds. The summed E-state index contributed by atoms with van der Waals surface area (Å²) in [5.41, 5.74) is 1.10. The number of piperazine rings is 1. The maximum atomic E-state index is 12.2. The number of benzene rings is 1. The molecule has 3 rings (SSSR count). The van der Waals surface area contributed by atoms with E-state index in [1.807, 2.05) is 6.07 Å². The van der Waals surface area contributed by atoms with E-state index in [-0.39, 0.29) is 23.7 Å². The first kappa shape index (κ1) is 20.8. The highest BCUT2D eigenvalue weighted by Gasteiger charge is 2.24. The second kappa shape index (κ2) is 10.6. The van der Waals surface area contributed by atoms with Crippen LogP contribution in [0.4, 0.5) is 0 Å². The van der Waals surface area contributed by atoms with Crippen LogP contribution >= 0.6 is 0 Å². The van der Waals surface area contributed by atoms with Crippen molar-refractivity contribution in [3.63, 3.8) is 0 Å². The highest BCUT2D eigenvalue weighted by molar-refractivity contribution is 5.77. The van der Waals surface area contributed by atoms with Gasteiger partial charge in [-0.2, -0.15) is 0 Å². The summed E-state index contributed by atoms with van der Waals surface area (Å²) in [6.07, 6.45) is 2.88. The number of carbonyl (C=O) groups is 1. The van der Waals surface area contributed by atoms with Gasteiger partial charge in [0.1, 0.15) is 45.5 Å². The molecule has 1 aromatic heterocycles. The fourth-order valence-corrected chi connectivity index (χ4v) is 3.46. The first-order valence-electron chi connectivity index (χ1n) is 9.97. The Bertz CT molecular complexity index is 858. The third kappa shape index (κ3) is 6.58. The number of hydrogen-bond acceptors (Lipinski definition) is 4. The lowest BCUT2D eigenvalue weighted by Gasteiger charge is -2.29. The van der Waals surface area contributed by atoms with Gasteiger partial charge in [-0.05, 0) is 0 Å². The minimum absolute atomic E-state index is 0.0506. The molecule has 1 fully saturated rings. The molecule has 0 aliphatic carbocycles. The average molecular weight is 399 g/mol. The molecule has 0 saturated carbocycles. The summed E-state index contributed by atoms with van der Waals surface area (Å²) in [6, 6.07) is 12.0. The van der Waals surface area contributed by atoms with E-state index < -0.39 is 0 Å². The molecule has 154 valence electrons. The molecule has 7 nitrogen and oxygen atoms in total. The SMILES string of the molecule is C=CCNC(=O)COc1coc(C[NH+]2CC[NH+](Cc3ccccc3)CC2)cc1=O. The standard InChI is InChI=1S/C22H27N3O4/c1-2-8-23-22(27)17-29-21-16-28-19(13-20(21)26)15-25-11-9-24(10-12-25)14-18-6-4-3-5-7-18/h2-7,13,16H,1,8-12,14-15,17H2,(H,23,27)/p+2. The molecule has 1 aliphatic rings. The predicted octanol–water partition coefficient (Wildman–Crippen LogP) is -1.20. The van der Waals surface area contributed by atoms with Crippen LogP contribution < -0.4 is 25.3 Å². The van der Waals surface area contributed by atoms with Gasteiger partial charge in [-0.1, -0.05) is 36.4 Å². The number of quaternary nitrogens is 2. The Morgan fingerprint density at radius 1 is 1.14 bits per heavy atom. The van der Waals surface area contributed by atoms with Crippen molar-refractivity contribution in [2.45, 2.75) is 13.1 Å². The zero-order valence-corrected chi connectivity index (χ0v) is 16.6. The molecule has 2 aromatic rings. The lowest BCUT2D eigenvalue weighted by atomic mass is 10.2. The van der Waals surface area contributed by atoms with Crippen LogP contribution in [0.25, 0.3) is 0 Å². The van der Waals surface area contributed by atoms with Crippen LogP contribution in [0, 0.1) is 0 Å². The van der Waals surface area contributed by atoms with Gasteiger partial charge in [-0.3, -0.25) is 9.59 Å². The first-order chi connectivity index (χ1) is 14.1. The molecule has 0 unspecified atom stereocenters. The molecule has 0 atom stereocenters. The molecule has 0 radical (unpaired) electrons. The number of hydrogen-bond donors (Lipinski definition) is 3. The normalized spacial score (nSPS) is 18.8. The van der Waals surface area contributed by atoms with Crippen LogP contribution in [0.15, 0.2) is 64.5 Å². The Morgan fingerprint density at radius 2 is 1.83 bits per heavy atom. The summed E-state index contributed by atoms with van der Waals surface area (Å²) in [5.74, 6) is 0.378. The van der Waals surface area contributed by atoms with E-state index in [4.69, 9.17) is 9.15 Å². The monoisotopic (exact) mass is 399 g/mol. The number of carbonyl (C=O) groups excluding carboxylic acids is 1. The molecule has 7 heteroatoms. The van der Waals surface area contributed by atoms with Crippen LogP contribution in [0.2, 0.25) is 0 Å². The topological polar surface area (TPSA) is 77.4 Å². The van der Waals surface area contributed by atoms with Gasteiger partial charge in [0.25, 0.3) is 5.91 Å². The van der Waals surface area contributed by atoms with Crippen molar-refractivity contribution in [3.05, 3.63) is 76.9 Å².